The first-order chi connectivity index (χ1) is 9.93. The van der Waals surface area contributed by atoms with Crippen LogP contribution in [0.25, 0.3) is 0 Å². The minimum Gasteiger partial charge on any atom is -0.399 e. The zero-order chi connectivity index (χ0) is 15.5. The fourth-order valence-electron chi connectivity index (χ4n) is 2.64. The predicted molar refractivity (Wildman–Crippen MR) is 91.1 cm³/mol. The molecule has 1 aromatic rings. The monoisotopic (exact) mass is 346 g/mol. The molecule has 1 amide bonds. The highest BCUT2D eigenvalue weighted by molar-refractivity contribution is 7.91. The van der Waals surface area contributed by atoms with Gasteiger partial charge in [0.25, 0.3) is 5.91 Å². The molecule has 1 atom stereocenters. The number of sulfone groups is 1. The lowest BCUT2D eigenvalue weighted by molar-refractivity contribution is 0.0694. The molecule has 0 aromatic heterocycles. The SMILES string of the molecule is CCCCN(C(=O)c1cccc(N)c1)C1CCS(=O)(=O)C1.Cl. The maximum atomic E-state index is 12.7. The highest BCUT2D eigenvalue weighted by Gasteiger charge is 2.34. The maximum absolute atomic E-state index is 12.7. The van der Waals surface area contributed by atoms with E-state index in [9.17, 15) is 13.2 Å². The Morgan fingerprint density at radius 2 is 2.14 bits per heavy atom. The van der Waals surface area contributed by atoms with E-state index in [-0.39, 0.29) is 35.9 Å². The summed E-state index contributed by atoms with van der Waals surface area (Å²) in [7, 11) is -3.01. The zero-order valence-electron chi connectivity index (χ0n) is 12.7. The van der Waals surface area contributed by atoms with Crippen molar-refractivity contribution in [2.45, 2.75) is 32.2 Å². The number of nitrogens with zero attached hydrogens (tertiary/aromatic N) is 1. The van der Waals surface area contributed by atoms with Gasteiger partial charge >= 0.3 is 0 Å². The molecule has 7 heteroatoms. The second-order valence-electron chi connectivity index (χ2n) is 5.53. The van der Waals surface area contributed by atoms with Gasteiger partial charge in [-0.3, -0.25) is 4.79 Å². The van der Waals surface area contributed by atoms with Crippen LogP contribution < -0.4 is 5.73 Å². The van der Waals surface area contributed by atoms with E-state index < -0.39 is 9.84 Å². The number of halogens is 1. The minimum atomic E-state index is -3.01. The van der Waals surface area contributed by atoms with Crippen molar-refractivity contribution in [2.75, 3.05) is 23.8 Å². The Morgan fingerprint density at radius 1 is 1.41 bits per heavy atom. The average molecular weight is 347 g/mol. The number of amides is 1. The third kappa shape index (κ3) is 4.61. The van der Waals surface area contributed by atoms with Crippen molar-refractivity contribution in [3.63, 3.8) is 0 Å². The number of rotatable bonds is 5. The number of hydrogen-bond acceptors (Lipinski definition) is 4. The van der Waals surface area contributed by atoms with Gasteiger partial charge in [-0.15, -0.1) is 12.4 Å². The molecule has 0 saturated carbocycles. The number of carbonyl (C=O) groups is 1. The Balaban J connectivity index is 0.00000242. The normalized spacial score (nSPS) is 19.4. The van der Waals surface area contributed by atoms with Crippen LogP contribution in [0, 0.1) is 0 Å². The molecule has 1 aromatic carbocycles. The Labute approximate surface area is 138 Å². The standard InChI is InChI=1S/C15H22N2O3S.ClH/c1-2-3-8-17(14-7-9-21(19,20)11-14)15(18)12-5-4-6-13(16)10-12;/h4-6,10,14H,2-3,7-9,11,16H2,1H3;1H. The van der Waals surface area contributed by atoms with Crippen molar-refractivity contribution in [3.05, 3.63) is 29.8 Å². The number of anilines is 1. The summed E-state index contributed by atoms with van der Waals surface area (Å²) in [6, 6.07) is 6.63. The Bertz CT molecular complexity index is 619. The van der Waals surface area contributed by atoms with E-state index in [2.05, 4.69) is 6.92 Å². The van der Waals surface area contributed by atoms with Crippen LogP contribution in [0.4, 0.5) is 5.69 Å². The molecular weight excluding hydrogens is 324 g/mol. The quantitative estimate of drug-likeness (QED) is 0.828. The molecule has 1 unspecified atom stereocenters. The fraction of sp³-hybridized carbons (Fsp3) is 0.533. The van der Waals surface area contributed by atoms with E-state index >= 15 is 0 Å². The second-order valence-corrected chi connectivity index (χ2v) is 7.76. The lowest BCUT2D eigenvalue weighted by Gasteiger charge is -2.28. The number of benzene rings is 1. The van der Waals surface area contributed by atoms with E-state index in [1.807, 2.05) is 0 Å². The van der Waals surface area contributed by atoms with Crippen molar-refractivity contribution in [1.82, 2.24) is 4.90 Å². The third-order valence-corrected chi connectivity index (χ3v) is 5.55. The molecule has 1 aliphatic rings. The summed E-state index contributed by atoms with van der Waals surface area (Å²) in [4.78, 5) is 14.4. The summed E-state index contributed by atoms with van der Waals surface area (Å²) < 4.78 is 23.3. The molecule has 124 valence electrons. The second kappa shape index (κ2) is 7.83. The summed E-state index contributed by atoms with van der Waals surface area (Å²) in [6.45, 7) is 2.64. The Kier molecular flexibility index (Phi) is 6.68. The topological polar surface area (TPSA) is 80.5 Å². The van der Waals surface area contributed by atoms with Crippen LogP contribution >= 0.6 is 12.4 Å². The van der Waals surface area contributed by atoms with Crippen molar-refractivity contribution < 1.29 is 13.2 Å². The minimum absolute atomic E-state index is 0. The van der Waals surface area contributed by atoms with Crippen LogP contribution in [0.5, 0.6) is 0 Å². The summed E-state index contributed by atoms with van der Waals surface area (Å²) in [5, 5.41) is 0. The molecule has 0 radical (unpaired) electrons. The van der Waals surface area contributed by atoms with Crippen LogP contribution in [0.15, 0.2) is 24.3 Å². The molecule has 2 N–H and O–H groups in total. The lowest BCUT2D eigenvalue weighted by atomic mass is 10.1. The summed E-state index contributed by atoms with van der Waals surface area (Å²) >= 11 is 0. The maximum Gasteiger partial charge on any atom is 0.254 e. The van der Waals surface area contributed by atoms with Gasteiger partial charge in [0.1, 0.15) is 0 Å². The number of hydrogen-bond donors (Lipinski definition) is 1. The summed E-state index contributed by atoms with van der Waals surface area (Å²) in [5.74, 6) is 0.118. The van der Waals surface area contributed by atoms with Gasteiger partial charge in [-0.1, -0.05) is 19.4 Å². The molecule has 1 heterocycles. The van der Waals surface area contributed by atoms with Gasteiger partial charge in [0.2, 0.25) is 0 Å². The van der Waals surface area contributed by atoms with E-state index in [4.69, 9.17) is 5.73 Å². The van der Waals surface area contributed by atoms with Crippen LogP contribution in [0.3, 0.4) is 0 Å². The number of carbonyl (C=O) groups excluding carboxylic acids is 1. The first-order valence-electron chi connectivity index (χ1n) is 7.30. The number of nitrogens with two attached hydrogens (primary N) is 1. The fourth-order valence-corrected chi connectivity index (χ4v) is 4.37. The third-order valence-electron chi connectivity index (χ3n) is 3.80. The van der Waals surface area contributed by atoms with Gasteiger partial charge in [-0.05, 0) is 31.0 Å². The van der Waals surface area contributed by atoms with E-state index in [1.165, 1.54) is 0 Å². The van der Waals surface area contributed by atoms with Gasteiger partial charge in [-0.25, -0.2) is 8.42 Å². The van der Waals surface area contributed by atoms with Crippen molar-refractivity contribution in [2.24, 2.45) is 0 Å². The Morgan fingerprint density at radius 3 is 2.68 bits per heavy atom. The lowest BCUT2D eigenvalue weighted by Crippen LogP contribution is -2.41. The highest BCUT2D eigenvalue weighted by atomic mass is 35.5. The predicted octanol–water partition coefficient (Wildman–Crippen LogP) is 2.12. The molecule has 1 fully saturated rings. The highest BCUT2D eigenvalue weighted by Crippen LogP contribution is 2.21. The van der Waals surface area contributed by atoms with Gasteiger partial charge in [0.05, 0.1) is 11.5 Å². The van der Waals surface area contributed by atoms with Gasteiger partial charge in [0.15, 0.2) is 9.84 Å². The van der Waals surface area contributed by atoms with Gasteiger partial charge in [0, 0.05) is 23.8 Å². The van der Waals surface area contributed by atoms with Gasteiger partial charge in [-0.2, -0.15) is 0 Å². The first kappa shape index (κ1) is 18.8. The molecule has 1 saturated heterocycles. The molecule has 5 nitrogen and oxygen atoms in total. The van der Waals surface area contributed by atoms with Crippen LogP contribution in [0.1, 0.15) is 36.5 Å². The van der Waals surface area contributed by atoms with Gasteiger partial charge < -0.3 is 10.6 Å². The van der Waals surface area contributed by atoms with Crippen molar-refractivity contribution in [1.29, 1.82) is 0 Å². The largest absolute Gasteiger partial charge is 0.399 e. The first-order valence-corrected chi connectivity index (χ1v) is 9.12. The van der Waals surface area contributed by atoms with E-state index in [0.29, 0.717) is 24.2 Å². The van der Waals surface area contributed by atoms with Crippen LogP contribution in [-0.4, -0.2) is 43.3 Å². The summed E-state index contributed by atoms with van der Waals surface area (Å²) in [6.07, 6.45) is 2.35. The molecule has 22 heavy (non-hydrogen) atoms. The number of unbranched alkanes of at least 4 members (excludes halogenated alkanes) is 1. The number of nitrogen functional groups attached to an aromatic ring is 1. The van der Waals surface area contributed by atoms with E-state index in [1.54, 1.807) is 29.2 Å². The summed E-state index contributed by atoms with van der Waals surface area (Å²) in [5.41, 5.74) is 6.79. The van der Waals surface area contributed by atoms with Crippen molar-refractivity contribution in [3.8, 4) is 0 Å². The van der Waals surface area contributed by atoms with Crippen molar-refractivity contribution >= 4 is 33.8 Å². The molecule has 1 aliphatic heterocycles. The smallest absolute Gasteiger partial charge is 0.254 e. The van der Waals surface area contributed by atoms with Crippen LogP contribution in [0.2, 0.25) is 0 Å². The van der Waals surface area contributed by atoms with Crippen LogP contribution in [-0.2, 0) is 9.84 Å². The average Bonchev–Trinajstić information content (AvgIpc) is 2.79. The molecule has 2 rings (SSSR count). The Hall–Kier alpha value is -1.27. The molecule has 0 bridgehead atoms. The molecule has 0 aliphatic carbocycles. The molecule has 0 spiro atoms. The molecular formula is C15H23ClN2O3S. The van der Waals surface area contributed by atoms with E-state index in [0.717, 1.165) is 12.8 Å². The zero-order valence-corrected chi connectivity index (χ0v) is 14.3.